The zero-order valence-corrected chi connectivity index (χ0v) is 20.2. The lowest BCUT2D eigenvalue weighted by Gasteiger charge is -2.25. The van der Waals surface area contributed by atoms with Gasteiger partial charge in [0.2, 0.25) is 5.91 Å². The summed E-state index contributed by atoms with van der Waals surface area (Å²) in [6.45, 7) is 1.93. The van der Waals surface area contributed by atoms with Crippen molar-refractivity contribution in [1.29, 1.82) is 0 Å². The monoisotopic (exact) mass is 478 g/mol. The molecule has 0 heterocycles. The van der Waals surface area contributed by atoms with Crippen molar-refractivity contribution in [3.05, 3.63) is 59.7 Å². The molecule has 4 rings (SSSR count). The number of carboxylic acid groups (broad SMARTS) is 1. The highest BCUT2D eigenvalue weighted by Gasteiger charge is 2.30. The fourth-order valence-corrected chi connectivity index (χ4v) is 5.27. The van der Waals surface area contributed by atoms with Crippen molar-refractivity contribution in [2.75, 3.05) is 13.2 Å². The molecule has 0 aromatic heterocycles. The highest BCUT2D eigenvalue weighted by atomic mass is 16.5. The van der Waals surface area contributed by atoms with Crippen LogP contribution in [0.15, 0.2) is 48.5 Å². The van der Waals surface area contributed by atoms with E-state index in [0.29, 0.717) is 12.3 Å². The number of hydrogen-bond acceptors (Lipinski definition) is 4. The zero-order valence-electron chi connectivity index (χ0n) is 20.2. The van der Waals surface area contributed by atoms with E-state index in [-0.39, 0.29) is 25.0 Å². The topological polar surface area (TPSA) is 105 Å². The van der Waals surface area contributed by atoms with E-state index >= 15 is 0 Å². The summed E-state index contributed by atoms with van der Waals surface area (Å²) >= 11 is 0. The van der Waals surface area contributed by atoms with Crippen molar-refractivity contribution in [1.82, 2.24) is 10.6 Å². The summed E-state index contributed by atoms with van der Waals surface area (Å²) in [7, 11) is 0. The van der Waals surface area contributed by atoms with E-state index in [9.17, 15) is 19.5 Å². The van der Waals surface area contributed by atoms with Crippen molar-refractivity contribution in [2.45, 2.75) is 57.4 Å². The molecule has 0 spiro atoms. The van der Waals surface area contributed by atoms with E-state index in [1.54, 1.807) is 6.92 Å². The Kier molecular flexibility index (Phi) is 8.06. The number of hydrogen-bond donors (Lipinski definition) is 3. The first-order valence-corrected chi connectivity index (χ1v) is 12.6. The van der Waals surface area contributed by atoms with Gasteiger partial charge in [0, 0.05) is 12.5 Å². The number of rotatable bonds is 9. The van der Waals surface area contributed by atoms with Gasteiger partial charge in [-0.2, -0.15) is 0 Å². The average molecular weight is 479 g/mol. The molecule has 0 aliphatic heterocycles. The van der Waals surface area contributed by atoms with Crippen LogP contribution in [0.4, 0.5) is 4.79 Å². The number of aliphatic carboxylic acids is 1. The number of alkyl carbamates (subject to hydrolysis) is 1. The lowest BCUT2D eigenvalue weighted by molar-refractivity contribution is -0.143. The predicted molar refractivity (Wildman–Crippen MR) is 133 cm³/mol. The maximum Gasteiger partial charge on any atom is 0.407 e. The summed E-state index contributed by atoms with van der Waals surface area (Å²) in [4.78, 5) is 36.7. The number of carbonyl (C=O) groups excluding carboxylic acids is 2. The molecule has 0 bridgehead atoms. The minimum absolute atomic E-state index is 0.0371. The van der Waals surface area contributed by atoms with Gasteiger partial charge in [0.05, 0.1) is 5.92 Å². The van der Waals surface area contributed by atoms with Gasteiger partial charge in [0.25, 0.3) is 0 Å². The fraction of sp³-hybridized carbons (Fsp3) is 0.464. The van der Waals surface area contributed by atoms with Crippen LogP contribution in [0.3, 0.4) is 0 Å². The second kappa shape index (κ2) is 11.4. The average Bonchev–Trinajstić information content (AvgIpc) is 3.19. The second-order valence-corrected chi connectivity index (χ2v) is 9.75. The van der Waals surface area contributed by atoms with Crippen LogP contribution in [0.2, 0.25) is 0 Å². The van der Waals surface area contributed by atoms with Crippen LogP contribution in [-0.4, -0.2) is 42.3 Å². The van der Waals surface area contributed by atoms with E-state index in [0.717, 1.165) is 47.9 Å². The summed E-state index contributed by atoms with van der Waals surface area (Å²) < 4.78 is 5.51. The Morgan fingerprint density at radius 2 is 1.57 bits per heavy atom. The number of fused-ring (bicyclic) bond motifs is 3. The first kappa shape index (κ1) is 24.8. The van der Waals surface area contributed by atoms with Gasteiger partial charge in [0.1, 0.15) is 12.6 Å². The van der Waals surface area contributed by atoms with Crippen molar-refractivity contribution < 1.29 is 24.2 Å². The van der Waals surface area contributed by atoms with Crippen LogP contribution in [-0.2, 0) is 14.3 Å². The molecule has 2 aromatic carbocycles. The molecule has 0 saturated heterocycles. The zero-order chi connectivity index (χ0) is 24.8. The van der Waals surface area contributed by atoms with Crippen molar-refractivity contribution >= 4 is 18.0 Å². The third-order valence-electron chi connectivity index (χ3n) is 7.25. The molecule has 2 aromatic rings. The third-order valence-corrected chi connectivity index (χ3v) is 7.25. The molecule has 2 aliphatic rings. The predicted octanol–water partition coefficient (Wildman–Crippen LogP) is 4.70. The maximum absolute atomic E-state index is 12.6. The van der Waals surface area contributed by atoms with Gasteiger partial charge in [-0.3, -0.25) is 4.79 Å². The summed E-state index contributed by atoms with van der Waals surface area (Å²) in [6.07, 6.45) is 5.31. The minimum Gasteiger partial charge on any atom is -0.480 e. The smallest absolute Gasteiger partial charge is 0.407 e. The number of amides is 2. The fourth-order valence-electron chi connectivity index (χ4n) is 5.27. The minimum atomic E-state index is -1.01. The number of ether oxygens (including phenoxy) is 1. The lowest BCUT2D eigenvalue weighted by Crippen LogP contribution is -2.46. The van der Waals surface area contributed by atoms with E-state index < -0.39 is 24.0 Å². The van der Waals surface area contributed by atoms with Crippen LogP contribution < -0.4 is 10.6 Å². The SMILES string of the molecule is CC(CNC(=O)OCC1c2ccccc2-c2ccccc21)C(=O)NC(CC1CCCCC1)C(=O)O. The second-order valence-electron chi connectivity index (χ2n) is 9.75. The van der Waals surface area contributed by atoms with Crippen LogP contribution in [0.5, 0.6) is 0 Å². The molecule has 2 atom stereocenters. The van der Waals surface area contributed by atoms with Crippen molar-refractivity contribution in [3.8, 4) is 11.1 Å². The summed E-state index contributed by atoms with van der Waals surface area (Å²) in [5.41, 5.74) is 4.58. The molecule has 0 radical (unpaired) electrons. The largest absolute Gasteiger partial charge is 0.480 e. The van der Waals surface area contributed by atoms with Crippen LogP contribution >= 0.6 is 0 Å². The van der Waals surface area contributed by atoms with Crippen molar-refractivity contribution in [2.24, 2.45) is 11.8 Å². The van der Waals surface area contributed by atoms with Gasteiger partial charge in [-0.05, 0) is 34.6 Å². The van der Waals surface area contributed by atoms with Gasteiger partial charge in [0.15, 0.2) is 0 Å². The Bertz CT molecular complexity index is 1020. The Balaban J connectivity index is 1.25. The number of carboxylic acids is 1. The molecule has 35 heavy (non-hydrogen) atoms. The maximum atomic E-state index is 12.6. The molecule has 2 aliphatic carbocycles. The Morgan fingerprint density at radius 1 is 0.971 bits per heavy atom. The van der Waals surface area contributed by atoms with Gasteiger partial charge >= 0.3 is 12.1 Å². The summed E-state index contributed by atoms with van der Waals surface area (Å²) in [5.74, 6) is -1.68. The van der Waals surface area contributed by atoms with E-state index in [1.165, 1.54) is 6.42 Å². The number of nitrogens with one attached hydrogen (secondary N) is 2. The molecule has 7 nitrogen and oxygen atoms in total. The standard InChI is InChI=1S/C28H34N2O5/c1-18(26(31)30-25(27(32)33)15-19-9-3-2-4-10-19)16-29-28(34)35-17-24-22-13-7-5-11-20(22)21-12-6-8-14-23(21)24/h5-8,11-14,18-19,24-25H,2-4,9-10,15-17H2,1H3,(H,29,34)(H,30,31)(H,32,33). The Hall–Kier alpha value is -3.35. The summed E-state index contributed by atoms with van der Waals surface area (Å²) in [5, 5.41) is 14.9. The highest BCUT2D eigenvalue weighted by molar-refractivity contribution is 5.85. The molecule has 1 fully saturated rings. The molecular formula is C28H34N2O5. The summed E-state index contributed by atoms with van der Waals surface area (Å²) in [6, 6.07) is 15.3. The van der Waals surface area contributed by atoms with E-state index in [2.05, 4.69) is 34.9 Å². The first-order chi connectivity index (χ1) is 16.9. The van der Waals surface area contributed by atoms with Gasteiger partial charge in [-0.15, -0.1) is 0 Å². The van der Waals surface area contributed by atoms with Crippen LogP contribution in [0.25, 0.3) is 11.1 Å². The van der Waals surface area contributed by atoms with E-state index in [4.69, 9.17) is 4.74 Å². The molecule has 1 saturated carbocycles. The van der Waals surface area contributed by atoms with Gasteiger partial charge in [-0.25, -0.2) is 9.59 Å². The van der Waals surface area contributed by atoms with E-state index in [1.807, 2.05) is 24.3 Å². The quantitative estimate of drug-likeness (QED) is 0.485. The lowest BCUT2D eigenvalue weighted by atomic mass is 9.84. The van der Waals surface area contributed by atoms with Crippen LogP contribution in [0.1, 0.15) is 62.5 Å². The molecular weight excluding hydrogens is 444 g/mol. The Labute approximate surface area is 206 Å². The highest BCUT2D eigenvalue weighted by Crippen LogP contribution is 2.44. The number of carbonyl (C=O) groups is 3. The van der Waals surface area contributed by atoms with Gasteiger partial charge < -0.3 is 20.5 Å². The number of benzene rings is 2. The third kappa shape index (κ3) is 6.02. The van der Waals surface area contributed by atoms with Crippen molar-refractivity contribution in [3.63, 3.8) is 0 Å². The first-order valence-electron chi connectivity index (χ1n) is 12.6. The molecule has 2 amide bonds. The van der Waals surface area contributed by atoms with Gasteiger partial charge in [-0.1, -0.05) is 87.6 Å². The Morgan fingerprint density at radius 3 is 2.17 bits per heavy atom. The molecule has 2 unspecified atom stereocenters. The normalized spacial score (nSPS) is 17.1. The molecule has 3 N–H and O–H groups in total. The van der Waals surface area contributed by atoms with Crippen LogP contribution in [0, 0.1) is 11.8 Å². The molecule has 7 heteroatoms. The molecule has 186 valence electrons.